The summed E-state index contributed by atoms with van der Waals surface area (Å²) >= 11 is 0. The number of hydrogen-bond acceptors (Lipinski definition) is 0. The molecule has 4 rings (SSSR count). The van der Waals surface area contributed by atoms with Crippen LogP contribution in [0.15, 0.2) is 122 Å². The van der Waals surface area contributed by atoms with Crippen molar-refractivity contribution in [2.24, 2.45) is 0 Å². The molecule has 0 saturated heterocycles. The van der Waals surface area contributed by atoms with Gasteiger partial charge in [0.15, 0.2) is 0 Å². The Labute approximate surface area is 155 Å². The molecule has 0 atom stereocenters. The van der Waals surface area contributed by atoms with Gasteiger partial charge in [-0.3, -0.25) is 0 Å². The summed E-state index contributed by atoms with van der Waals surface area (Å²) in [6.45, 7) is -0.450. The molecule has 0 spiro atoms. The molecular formula is C24H23NP+. The molecule has 0 unspecified atom stereocenters. The summed E-state index contributed by atoms with van der Waals surface area (Å²) in [6, 6.07) is 39.2. The van der Waals surface area contributed by atoms with Gasteiger partial charge in [0.2, 0.25) is 0 Å². The van der Waals surface area contributed by atoms with E-state index in [1.54, 1.807) is 0 Å². The Morgan fingerprint density at radius 2 is 0.769 bits per heavy atom. The van der Waals surface area contributed by atoms with Crippen molar-refractivity contribution < 1.29 is 4.34 Å². The second-order valence-electron chi connectivity index (χ2n) is 6.77. The zero-order valence-corrected chi connectivity index (χ0v) is 15.8. The van der Waals surface area contributed by atoms with Crippen molar-refractivity contribution in [3.8, 4) is 0 Å². The molecule has 128 valence electrons. The van der Waals surface area contributed by atoms with Crippen molar-refractivity contribution >= 4 is 22.7 Å². The van der Waals surface area contributed by atoms with Gasteiger partial charge in [0.25, 0.3) is 0 Å². The van der Waals surface area contributed by atoms with E-state index >= 15 is 0 Å². The number of nitrogens with zero attached hydrogens (tertiary/aromatic N) is 1. The van der Waals surface area contributed by atoms with Gasteiger partial charge < -0.3 is 0 Å². The molecule has 26 heavy (non-hydrogen) atoms. The van der Waals surface area contributed by atoms with Crippen LogP contribution in [0.1, 0.15) is 0 Å². The molecule has 0 aliphatic heterocycles. The van der Waals surface area contributed by atoms with Gasteiger partial charge in [-0.2, -0.15) is 0 Å². The first-order valence-corrected chi connectivity index (χ1v) is 11.5. The molecule has 3 aromatic carbocycles. The fourth-order valence-electron chi connectivity index (χ4n) is 3.95. The van der Waals surface area contributed by atoms with Crippen LogP contribution in [0, 0.1) is 0 Å². The molecule has 0 N–H and O–H groups in total. The van der Waals surface area contributed by atoms with Crippen molar-refractivity contribution in [3.05, 3.63) is 122 Å². The van der Waals surface area contributed by atoms with E-state index in [1.165, 1.54) is 15.9 Å². The SMILES string of the molecule is CP(c1ccccc1)(c1ccccc1)(c1ccccc1)[n+]1ccccc1. The third kappa shape index (κ3) is 2.32. The molecule has 1 nitrogen and oxygen atoms in total. The van der Waals surface area contributed by atoms with E-state index < -0.39 is 6.75 Å². The normalized spacial score (nSPS) is 12.9. The van der Waals surface area contributed by atoms with Crippen LogP contribution < -0.4 is 20.3 Å². The fourth-order valence-corrected chi connectivity index (χ4v) is 9.17. The van der Waals surface area contributed by atoms with Crippen LogP contribution >= 0.6 is 6.75 Å². The third-order valence-electron chi connectivity index (χ3n) is 5.44. The maximum absolute atomic E-state index is 2.90. The fraction of sp³-hybridized carbons (Fsp3) is 0.0417. The predicted molar refractivity (Wildman–Crippen MR) is 113 cm³/mol. The van der Waals surface area contributed by atoms with Gasteiger partial charge in [0, 0.05) is 0 Å². The van der Waals surface area contributed by atoms with E-state index in [2.05, 4.69) is 133 Å². The van der Waals surface area contributed by atoms with Gasteiger partial charge >= 0.3 is 155 Å². The van der Waals surface area contributed by atoms with Crippen molar-refractivity contribution in [2.75, 3.05) is 6.66 Å². The monoisotopic (exact) mass is 356 g/mol. The van der Waals surface area contributed by atoms with Gasteiger partial charge in [-0.05, 0) is 0 Å². The average molecular weight is 356 g/mol. The number of aromatic nitrogens is 1. The van der Waals surface area contributed by atoms with Crippen LogP contribution in [0.2, 0.25) is 0 Å². The van der Waals surface area contributed by atoms with E-state index in [-0.39, 0.29) is 0 Å². The molecule has 2 heteroatoms. The van der Waals surface area contributed by atoms with Crippen molar-refractivity contribution in [1.29, 1.82) is 0 Å². The molecule has 0 bridgehead atoms. The number of pyridine rings is 1. The van der Waals surface area contributed by atoms with Crippen LogP contribution in [-0.2, 0) is 0 Å². The molecule has 1 heterocycles. The van der Waals surface area contributed by atoms with Gasteiger partial charge in [0.1, 0.15) is 0 Å². The topological polar surface area (TPSA) is 3.88 Å². The summed E-state index contributed by atoms with van der Waals surface area (Å²) in [4.78, 5) is 0. The van der Waals surface area contributed by atoms with Crippen LogP contribution in [0.5, 0.6) is 0 Å². The summed E-state index contributed by atoms with van der Waals surface area (Å²) in [7, 11) is 0. The molecule has 4 aromatic rings. The first-order chi connectivity index (χ1) is 12.7. The Bertz CT molecular complexity index is 814. The molecule has 0 aliphatic rings. The van der Waals surface area contributed by atoms with E-state index in [9.17, 15) is 0 Å². The number of benzene rings is 3. The molecular weight excluding hydrogens is 333 g/mol. The third-order valence-corrected chi connectivity index (χ3v) is 11.5. The van der Waals surface area contributed by atoms with Crippen molar-refractivity contribution in [1.82, 2.24) is 0 Å². The quantitative estimate of drug-likeness (QED) is 0.488. The summed E-state index contributed by atoms with van der Waals surface area (Å²) < 4.78 is 2.45. The standard InChI is InChI=1S/C24H23NP/c1-26(22-14-6-2-7-15-22,23-16-8-3-9-17-23,24-18-10-4-11-19-24)25-20-12-5-13-21-25/h2-21H,1H3/q+1. The zero-order chi connectivity index (χ0) is 17.9. The van der Waals surface area contributed by atoms with E-state index in [4.69, 9.17) is 0 Å². The first-order valence-electron chi connectivity index (χ1n) is 8.90. The molecule has 0 aliphatic carbocycles. The van der Waals surface area contributed by atoms with Crippen LogP contribution in [0.3, 0.4) is 0 Å². The van der Waals surface area contributed by atoms with Gasteiger partial charge in [-0.25, -0.2) is 0 Å². The molecule has 0 saturated carbocycles. The number of rotatable bonds is 4. The summed E-state index contributed by atoms with van der Waals surface area (Å²) in [5, 5.41) is 4.06. The second kappa shape index (κ2) is 6.52. The van der Waals surface area contributed by atoms with Gasteiger partial charge in [-0.1, -0.05) is 0 Å². The summed E-state index contributed by atoms with van der Waals surface area (Å²) in [6.07, 6.45) is 4.43. The van der Waals surface area contributed by atoms with E-state index in [0.29, 0.717) is 0 Å². The minimum absolute atomic E-state index is 1.35. The Balaban J connectivity index is 2.23. The van der Waals surface area contributed by atoms with Crippen molar-refractivity contribution in [3.63, 3.8) is 0 Å². The van der Waals surface area contributed by atoms with E-state index in [1.807, 2.05) is 0 Å². The summed E-state index contributed by atoms with van der Waals surface area (Å²) in [5.41, 5.74) is 0. The molecule has 0 fully saturated rings. The number of hydrogen-bond donors (Lipinski definition) is 0. The Morgan fingerprint density at radius 1 is 0.462 bits per heavy atom. The Hall–Kier alpha value is -2.76. The summed E-state index contributed by atoms with van der Waals surface area (Å²) in [5.74, 6) is 0. The molecule has 1 aromatic heterocycles. The van der Waals surface area contributed by atoms with Crippen LogP contribution in [0.25, 0.3) is 0 Å². The Morgan fingerprint density at radius 3 is 1.12 bits per heavy atom. The predicted octanol–water partition coefficient (Wildman–Crippen LogP) is 3.90. The molecule has 0 amide bonds. The average Bonchev–Trinajstić information content (AvgIpc) is 2.76. The zero-order valence-electron chi connectivity index (χ0n) is 14.9. The molecule has 0 radical (unpaired) electrons. The van der Waals surface area contributed by atoms with E-state index in [0.717, 1.165) is 0 Å². The Kier molecular flexibility index (Phi) is 4.18. The maximum atomic E-state index is 2.45. The van der Waals surface area contributed by atoms with Gasteiger partial charge in [0.05, 0.1) is 0 Å². The van der Waals surface area contributed by atoms with Crippen molar-refractivity contribution in [2.45, 2.75) is 0 Å². The first kappa shape index (κ1) is 16.7. The van der Waals surface area contributed by atoms with Crippen LogP contribution in [0.4, 0.5) is 0 Å². The van der Waals surface area contributed by atoms with Gasteiger partial charge in [-0.15, -0.1) is 0 Å². The van der Waals surface area contributed by atoms with Crippen LogP contribution in [-0.4, -0.2) is 6.66 Å². The second-order valence-corrected chi connectivity index (χ2v) is 11.8. The minimum atomic E-state index is -2.90.